The predicted octanol–water partition coefficient (Wildman–Crippen LogP) is 10.9. The van der Waals surface area contributed by atoms with Crippen LogP contribution in [0, 0.1) is 11.8 Å². The summed E-state index contributed by atoms with van der Waals surface area (Å²) in [5.41, 5.74) is 16.7. The molecule has 7 aromatic rings. The van der Waals surface area contributed by atoms with Crippen LogP contribution in [-0.2, 0) is 30.4 Å². The number of alkyl carbamates (subject to hydrolysis) is 1. The lowest BCUT2D eigenvalue weighted by atomic mass is 9.89. The molecule has 5 aromatic carbocycles. The molecule has 2 bridgehead atoms. The van der Waals surface area contributed by atoms with Crippen LogP contribution >= 0.6 is 0 Å². The quantitative estimate of drug-likeness (QED) is 0.119. The van der Waals surface area contributed by atoms with E-state index in [1.807, 2.05) is 0 Å². The van der Waals surface area contributed by atoms with Crippen LogP contribution in [0.5, 0.6) is 0 Å². The third kappa shape index (κ3) is 6.21. The van der Waals surface area contributed by atoms with Gasteiger partial charge in [-0.05, 0) is 125 Å². The number of aryl methyl sites for hydroxylation is 2. The van der Waals surface area contributed by atoms with E-state index >= 15 is 0 Å². The molecule has 4 N–H and O–H groups in total. The van der Waals surface area contributed by atoms with Gasteiger partial charge in [-0.1, -0.05) is 86.6 Å². The highest BCUT2D eigenvalue weighted by molar-refractivity contribution is 6.05. The van der Waals surface area contributed by atoms with Gasteiger partial charge in [0.05, 0.1) is 35.9 Å². The first-order chi connectivity index (χ1) is 31.2. The zero-order valence-corrected chi connectivity index (χ0v) is 36.6. The molecule has 2 saturated heterocycles. The van der Waals surface area contributed by atoms with Crippen molar-refractivity contribution < 1.29 is 19.4 Å². The van der Waals surface area contributed by atoms with Crippen LogP contribution in [0.2, 0.25) is 0 Å². The second kappa shape index (κ2) is 15.0. The van der Waals surface area contributed by atoms with Crippen molar-refractivity contribution in [2.24, 2.45) is 11.8 Å². The van der Waals surface area contributed by atoms with Gasteiger partial charge in [0, 0.05) is 47.4 Å². The van der Waals surface area contributed by atoms with E-state index in [1.165, 1.54) is 51.7 Å². The lowest BCUT2D eigenvalue weighted by Crippen LogP contribution is -2.40. The standard InChI is InChI=1S/C53H53N7O4/c1-28(2)44(56-52(61)64-3)27-35-13-19-40-37-8-5-4-7-31(37)26-41(40)48(35)59-22-6-9-45(59)50-54-42-20-14-32-23-29(11-17-38(32)46(42)57-50)30-12-18-39-33(24-30)15-21-43-47(39)58-51(55-43)49-34-10-16-36(25-34)60(49)53(62)63/h4-5,7-8,11-14,17-20,23-24,28,34,36,44-45,49H,6,9-10,15-16,21-22,25-27H2,1-3H3,(H,54,57)(H,55,58)(H,56,61)(H,62,63)/t34?,36?,44-,45-,49?/m0/s1. The Morgan fingerprint density at radius 2 is 1.72 bits per heavy atom. The Bertz CT molecular complexity index is 3040. The van der Waals surface area contributed by atoms with Crippen molar-refractivity contribution >= 4 is 39.7 Å². The second-order valence-electron chi connectivity index (χ2n) is 19.2. The molecule has 64 heavy (non-hydrogen) atoms. The number of imidazole rings is 2. The molecular formula is C53H53N7O4. The number of amides is 2. The number of nitrogens with zero attached hydrogens (tertiary/aromatic N) is 4. The Balaban J connectivity index is 0.854. The third-order valence-corrected chi connectivity index (χ3v) is 15.3. The molecule has 5 aliphatic rings. The maximum Gasteiger partial charge on any atom is 0.408 e. The fourth-order valence-electron chi connectivity index (χ4n) is 12.2. The van der Waals surface area contributed by atoms with Crippen LogP contribution in [-0.4, -0.2) is 67.9 Å². The van der Waals surface area contributed by atoms with Crippen LogP contribution in [0.1, 0.15) is 97.6 Å². The van der Waals surface area contributed by atoms with E-state index in [4.69, 9.17) is 14.7 Å². The monoisotopic (exact) mass is 851 g/mol. The van der Waals surface area contributed by atoms with Crippen molar-refractivity contribution in [1.29, 1.82) is 0 Å². The normalized spacial score (nSPS) is 21.1. The minimum Gasteiger partial charge on any atom is -0.465 e. The molecule has 11 nitrogen and oxygen atoms in total. The summed E-state index contributed by atoms with van der Waals surface area (Å²) in [7, 11) is 1.43. The third-order valence-electron chi connectivity index (χ3n) is 15.3. The summed E-state index contributed by atoms with van der Waals surface area (Å²) in [6.45, 7) is 5.23. The topological polar surface area (TPSA) is 139 Å². The fourth-order valence-corrected chi connectivity index (χ4v) is 12.2. The van der Waals surface area contributed by atoms with Crippen LogP contribution in [0.25, 0.3) is 55.3 Å². The Labute approximate surface area is 372 Å². The summed E-state index contributed by atoms with van der Waals surface area (Å²) in [4.78, 5) is 46.9. The number of fused-ring (bicyclic) bond motifs is 11. The zero-order chi connectivity index (χ0) is 43.4. The highest BCUT2D eigenvalue weighted by Gasteiger charge is 2.50. The van der Waals surface area contributed by atoms with E-state index in [0.29, 0.717) is 12.3 Å². The molecule has 324 valence electrons. The number of carboxylic acid groups (broad SMARTS) is 1. The van der Waals surface area contributed by atoms with Crippen molar-refractivity contribution in [3.05, 3.63) is 125 Å². The van der Waals surface area contributed by atoms with Crippen LogP contribution < -0.4 is 10.2 Å². The number of anilines is 1. The van der Waals surface area contributed by atoms with Crippen molar-refractivity contribution in [3.63, 3.8) is 0 Å². The number of carbonyl (C=O) groups excluding carboxylic acids is 1. The van der Waals surface area contributed by atoms with Gasteiger partial charge in [-0.25, -0.2) is 19.6 Å². The van der Waals surface area contributed by atoms with Gasteiger partial charge in [-0.3, -0.25) is 4.90 Å². The number of nitrogens with one attached hydrogen (secondary N) is 3. The Kier molecular flexibility index (Phi) is 9.14. The number of carbonyl (C=O) groups is 2. The van der Waals surface area contributed by atoms with Crippen LogP contribution in [0.3, 0.4) is 0 Å². The number of hydrogen-bond donors (Lipinski definition) is 4. The van der Waals surface area contributed by atoms with Gasteiger partial charge in [-0.2, -0.15) is 0 Å². The number of aromatic nitrogens is 4. The van der Waals surface area contributed by atoms with Crippen LogP contribution in [0.4, 0.5) is 15.3 Å². The molecule has 3 unspecified atom stereocenters. The number of benzene rings is 5. The molecule has 2 aliphatic heterocycles. The molecule has 2 amide bonds. The summed E-state index contributed by atoms with van der Waals surface area (Å²) in [5.74, 6) is 2.35. The maximum absolute atomic E-state index is 12.5. The first-order valence-electron chi connectivity index (χ1n) is 23.2. The average molecular weight is 852 g/mol. The molecule has 3 fully saturated rings. The van der Waals surface area contributed by atoms with Crippen molar-refractivity contribution in [3.8, 4) is 33.5 Å². The van der Waals surface area contributed by atoms with E-state index in [-0.39, 0.29) is 30.1 Å². The summed E-state index contributed by atoms with van der Waals surface area (Å²) >= 11 is 0. The van der Waals surface area contributed by atoms with Gasteiger partial charge >= 0.3 is 12.2 Å². The lowest BCUT2D eigenvalue weighted by Gasteiger charge is -2.32. The largest absolute Gasteiger partial charge is 0.465 e. The van der Waals surface area contributed by atoms with Crippen LogP contribution in [0.15, 0.2) is 84.9 Å². The van der Waals surface area contributed by atoms with E-state index in [0.717, 1.165) is 114 Å². The van der Waals surface area contributed by atoms with Gasteiger partial charge in [0.2, 0.25) is 0 Å². The Morgan fingerprint density at radius 3 is 2.58 bits per heavy atom. The number of piperidine rings is 1. The highest BCUT2D eigenvalue weighted by Crippen LogP contribution is 2.51. The minimum atomic E-state index is -0.837. The average Bonchev–Trinajstić information content (AvgIpc) is 4.17. The first-order valence-corrected chi connectivity index (χ1v) is 23.2. The Morgan fingerprint density at radius 1 is 0.875 bits per heavy atom. The molecular weight excluding hydrogens is 799 g/mol. The summed E-state index contributed by atoms with van der Waals surface area (Å²) in [6, 6.07) is 31.1. The SMILES string of the molecule is COC(=O)N[C@@H](Cc1ccc2c(c1N1CCC[C@H]1c1nc3c(ccc4cc(-c5ccc6c(c5)CCc5[nH]c(C7C8CCC(C8)N7C(=O)O)nc5-6)ccc43)[nH]1)Cc1ccccc1-2)C(C)C. The van der Waals surface area contributed by atoms with Gasteiger partial charge < -0.3 is 30.0 Å². The second-order valence-corrected chi connectivity index (χ2v) is 19.2. The smallest absolute Gasteiger partial charge is 0.408 e. The van der Waals surface area contributed by atoms with E-state index in [2.05, 4.69) is 119 Å². The molecule has 11 heteroatoms. The fraction of sp³-hybridized carbons (Fsp3) is 0.358. The van der Waals surface area contributed by atoms with E-state index in [9.17, 15) is 14.7 Å². The number of H-pyrrole nitrogens is 2. The molecule has 0 spiro atoms. The number of likely N-dealkylation sites (tertiary alicyclic amines) is 1. The number of methoxy groups -OCH3 is 1. The number of aromatic amines is 2. The molecule has 4 heterocycles. The molecule has 1 saturated carbocycles. The zero-order valence-electron chi connectivity index (χ0n) is 36.6. The molecule has 12 rings (SSSR count). The van der Waals surface area contributed by atoms with E-state index < -0.39 is 12.2 Å². The van der Waals surface area contributed by atoms with Gasteiger partial charge in [0.25, 0.3) is 0 Å². The minimum absolute atomic E-state index is 0.0766. The van der Waals surface area contributed by atoms with Crippen molar-refractivity contribution in [1.82, 2.24) is 30.2 Å². The molecule has 5 atom stereocenters. The Hall–Kier alpha value is -6.62. The van der Waals surface area contributed by atoms with Gasteiger partial charge in [-0.15, -0.1) is 0 Å². The number of rotatable bonds is 8. The number of hydrogen-bond acceptors (Lipinski definition) is 6. The lowest BCUT2D eigenvalue weighted by molar-refractivity contribution is 0.0991. The highest BCUT2D eigenvalue weighted by atomic mass is 16.5. The van der Waals surface area contributed by atoms with E-state index in [1.54, 1.807) is 4.90 Å². The predicted molar refractivity (Wildman–Crippen MR) is 250 cm³/mol. The molecule has 3 aliphatic carbocycles. The molecule has 0 radical (unpaired) electrons. The van der Waals surface area contributed by atoms with Gasteiger partial charge in [0.1, 0.15) is 11.6 Å². The van der Waals surface area contributed by atoms with Gasteiger partial charge in [0.15, 0.2) is 0 Å². The molecule has 2 aromatic heterocycles. The summed E-state index contributed by atoms with van der Waals surface area (Å²) in [6.07, 6.45) is 7.11. The van der Waals surface area contributed by atoms with Crippen molar-refractivity contribution in [2.75, 3.05) is 18.6 Å². The number of ether oxygens (including phenoxy) is 1. The maximum atomic E-state index is 12.5. The first kappa shape index (κ1) is 39.0. The van der Waals surface area contributed by atoms with Crippen molar-refractivity contribution in [2.45, 2.75) is 95.8 Å². The summed E-state index contributed by atoms with van der Waals surface area (Å²) < 4.78 is 5.05. The summed E-state index contributed by atoms with van der Waals surface area (Å²) in [5, 5.41) is 15.5.